The molecule has 1 N–H and O–H groups in total. The highest BCUT2D eigenvalue weighted by atomic mass is 32.2. The number of nitrogens with zero attached hydrogens (tertiary/aromatic N) is 1. The minimum atomic E-state index is -3.60. The van der Waals surface area contributed by atoms with E-state index in [-0.39, 0.29) is 27.2 Å². The standard InChI is InChI=1S/C37H46NO5S/c1-27-9-18-33(19-10-27)44(40,41)34-20-16-32(17-21-34)43-31-14-11-29(12-15-31)37(4,5)30-13-22-35(42-8)28(23-30)24-38(6,7)25-36(2,3)26-39/h9-23,39H,24-26H2,1-8H3/q+1. The molecule has 0 heterocycles. The first-order valence-electron chi connectivity index (χ1n) is 14.9. The van der Waals surface area contributed by atoms with E-state index in [1.807, 2.05) is 25.1 Å². The molecule has 0 aliphatic rings. The van der Waals surface area contributed by atoms with Crippen LogP contribution in [0.2, 0.25) is 0 Å². The van der Waals surface area contributed by atoms with Crippen molar-refractivity contribution in [2.45, 2.75) is 56.4 Å². The SMILES string of the molecule is COc1ccc(C(C)(C)c2ccc(Oc3ccc(S(=O)(=O)c4ccc(C)cc4)cc3)cc2)cc1C[N+](C)(C)CC(C)(C)CO. The topological polar surface area (TPSA) is 72.8 Å². The van der Waals surface area contributed by atoms with Crippen molar-refractivity contribution >= 4 is 9.84 Å². The zero-order chi connectivity index (χ0) is 32.3. The normalized spacial score (nSPS) is 12.7. The Labute approximate surface area is 263 Å². The summed E-state index contributed by atoms with van der Waals surface area (Å²) in [5, 5.41) is 9.82. The monoisotopic (exact) mass is 616 g/mol. The second-order valence-electron chi connectivity index (χ2n) is 13.6. The molecule has 0 fully saturated rings. The van der Waals surface area contributed by atoms with Gasteiger partial charge in [-0.05, 0) is 78.7 Å². The maximum atomic E-state index is 13.0. The van der Waals surface area contributed by atoms with Gasteiger partial charge in [-0.1, -0.05) is 63.6 Å². The molecular formula is C37H46NO5S+. The van der Waals surface area contributed by atoms with Gasteiger partial charge in [0.15, 0.2) is 0 Å². The van der Waals surface area contributed by atoms with Crippen LogP contribution in [0.25, 0.3) is 0 Å². The molecule has 0 saturated carbocycles. The Balaban J connectivity index is 1.50. The van der Waals surface area contributed by atoms with E-state index < -0.39 is 9.84 Å². The van der Waals surface area contributed by atoms with Crippen LogP contribution in [0.1, 0.15) is 49.9 Å². The summed E-state index contributed by atoms with van der Waals surface area (Å²) >= 11 is 0. The molecule has 0 bridgehead atoms. The number of quaternary nitrogens is 1. The maximum absolute atomic E-state index is 13.0. The molecule has 7 heteroatoms. The summed E-state index contributed by atoms with van der Waals surface area (Å²) in [5.74, 6) is 2.09. The number of hydrogen-bond donors (Lipinski definition) is 1. The first kappa shape index (κ1) is 33.2. The number of rotatable bonds is 12. The highest BCUT2D eigenvalue weighted by Gasteiger charge is 2.30. The molecule has 4 rings (SSSR count). The highest BCUT2D eigenvalue weighted by molar-refractivity contribution is 7.91. The van der Waals surface area contributed by atoms with Gasteiger partial charge in [0, 0.05) is 16.4 Å². The van der Waals surface area contributed by atoms with Crippen molar-refractivity contribution in [3.8, 4) is 17.2 Å². The van der Waals surface area contributed by atoms with Gasteiger partial charge in [0.1, 0.15) is 23.8 Å². The Kier molecular flexibility index (Phi) is 9.64. The van der Waals surface area contributed by atoms with Crippen molar-refractivity contribution in [2.24, 2.45) is 5.41 Å². The lowest BCUT2D eigenvalue weighted by molar-refractivity contribution is -0.909. The molecule has 0 aliphatic heterocycles. The van der Waals surface area contributed by atoms with Crippen LogP contribution in [0.5, 0.6) is 17.2 Å². The second-order valence-corrected chi connectivity index (χ2v) is 15.6. The largest absolute Gasteiger partial charge is 0.496 e. The van der Waals surface area contributed by atoms with E-state index in [4.69, 9.17) is 9.47 Å². The number of benzene rings is 4. The molecular weight excluding hydrogens is 570 g/mol. The van der Waals surface area contributed by atoms with Crippen LogP contribution in [0.3, 0.4) is 0 Å². The molecule has 0 spiro atoms. The van der Waals surface area contributed by atoms with Gasteiger partial charge in [0.05, 0.1) is 44.1 Å². The molecule has 0 amide bonds. The summed E-state index contributed by atoms with van der Waals surface area (Å²) < 4.78 is 38.5. The van der Waals surface area contributed by atoms with Crippen molar-refractivity contribution in [1.29, 1.82) is 0 Å². The molecule has 6 nitrogen and oxygen atoms in total. The Bertz CT molecular complexity index is 1670. The zero-order valence-electron chi connectivity index (χ0n) is 27.2. The van der Waals surface area contributed by atoms with Gasteiger partial charge in [0.25, 0.3) is 0 Å². The summed E-state index contributed by atoms with van der Waals surface area (Å²) in [6.07, 6.45) is 0. The molecule has 4 aromatic rings. The lowest BCUT2D eigenvalue weighted by atomic mass is 9.77. The number of aliphatic hydroxyl groups is 1. The minimum Gasteiger partial charge on any atom is -0.496 e. The molecule has 4 aromatic carbocycles. The van der Waals surface area contributed by atoms with Crippen LogP contribution in [0.15, 0.2) is 101 Å². The second kappa shape index (κ2) is 12.8. The van der Waals surface area contributed by atoms with Crippen LogP contribution in [0.4, 0.5) is 0 Å². The lowest BCUT2D eigenvalue weighted by Crippen LogP contribution is -2.47. The summed E-state index contributed by atoms with van der Waals surface area (Å²) in [4.78, 5) is 0.497. The number of hydrogen-bond acceptors (Lipinski definition) is 5. The van der Waals surface area contributed by atoms with Gasteiger partial charge in [-0.3, -0.25) is 0 Å². The first-order valence-corrected chi connectivity index (χ1v) is 16.4. The van der Waals surface area contributed by atoms with E-state index in [1.165, 1.54) is 5.56 Å². The predicted molar refractivity (Wildman–Crippen MR) is 176 cm³/mol. The average Bonchev–Trinajstić information content (AvgIpc) is 2.97. The van der Waals surface area contributed by atoms with Crippen LogP contribution in [-0.4, -0.2) is 52.4 Å². The molecule has 234 valence electrons. The summed E-state index contributed by atoms with van der Waals surface area (Å²) in [5.41, 5.74) is 3.98. The molecule has 0 unspecified atom stereocenters. The fourth-order valence-corrected chi connectivity index (χ4v) is 7.06. The van der Waals surface area contributed by atoms with E-state index in [2.05, 4.69) is 66.1 Å². The van der Waals surface area contributed by atoms with Crippen LogP contribution >= 0.6 is 0 Å². The number of methoxy groups -OCH3 is 1. The molecule has 0 saturated heterocycles. The van der Waals surface area contributed by atoms with E-state index in [0.717, 1.165) is 40.0 Å². The maximum Gasteiger partial charge on any atom is 0.206 e. The van der Waals surface area contributed by atoms with Crippen LogP contribution < -0.4 is 9.47 Å². The summed E-state index contributed by atoms with van der Waals surface area (Å²) in [7, 11) is 2.48. The summed E-state index contributed by atoms with van der Waals surface area (Å²) in [6.45, 7) is 12.2. The number of sulfone groups is 1. The van der Waals surface area contributed by atoms with Crippen LogP contribution in [-0.2, 0) is 21.8 Å². The molecule has 0 atom stereocenters. The third-order valence-corrected chi connectivity index (χ3v) is 9.95. The van der Waals surface area contributed by atoms with E-state index in [9.17, 15) is 13.5 Å². The fourth-order valence-electron chi connectivity index (χ4n) is 5.80. The zero-order valence-corrected chi connectivity index (χ0v) is 28.0. The van der Waals surface area contributed by atoms with E-state index >= 15 is 0 Å². The Morgan fingerprint density at radius 1 is 0.750 bits per heavy atom. The van der Waals surface area contributed by atoms with Crippen molar-refractivity contribution in [1.82, 2.24) is 0 Å². The van der Waals surface area contributed by atoms with Gasteiger partial charge in [0.2, 0.25) is 9.84 Å². The van der Waals surface area contributed by atoms with Gasteiger partial charge >= 0.3 is 0 Å². The van der Waals surface area contributed by atoms with Crippen molar-refractivity contribution in [2.75, 3.05) is 34.4 Å². The first-order chi connectivity index (χ1) is 20.6. The average molecular weight is 617 g/mol. The van der Waals surface area contributed by atoms with Crippen LogP contribution in [0, 0.1) is 12.3 Å². The third-order valence-electron chi connectivity index (χ3n) is 8.16. The minimum absolute atomic E-state index is 0.139. The third kappa shape index (κ3) is 7.70. The predicted octanol–water partition coefficient (Wildman–Crippen LogP) is 7.55. The van der Waals surface area contributed by atoms with Gasteiger partial charge in [-0.25, -0.2) is 8.42 Å². The quantitative estimate of drug-likeness (QED) is 0.167. The van der Waals surface area contributed by atoms with Gasteiger partial charge in [-0.15, -0.1) is 0 Å². The Morgan fingerprint density at radius 2 is 1.25 bits per heavy atom. The molecule has 0 aromatic heterocycles. The van der Waals surface area contributed by atoms with E-state index in [1.54, 1.807) is 55.6 Å². The Morgan fingerprint density at radius 3 is 1.77 bits per heavy atom. The van der Waals surface area contributed by atoms with Crippen molar-refractivity contribution in [3.63, 3.8) is 0 Å². The van der Waals surface area contributed by atoms with Crippen molar-refractivity contribution < 1.29 is 27.5 Å². The smallest absolute Gasteiger partial charge is 0.206 e. The fraction of sp³-hybridized carbons (Fsp3) is 0.351. The van der Waals surface area contributed by atoms with Crippen molar-refractivity contribution in [3.05, 3.63) is 113 Å². The van der Waals surface area contributed by atoms with Gasteiger partial charge < -0.3 is 19.1 Å². The number of ether oxygens (including phenoxy) is 2. The summed E-state index contributed by atoms with van der Waals surface area (Å²) in [6, 6.07) is 27.8. The Hall–Kier alpha value is -3.65. The van der Waals surface area contributed by atoms with E-state index in [0.29, 0.717) is 11.5 Å². The lowest BCUT2D eigenvalue weighted by Gasteiger charge is -2.37. The highest BCUT2D eigenvalue weighted by Crippen LogP contribution is 2.36. The number of aryl methyl sites for hydroxylation is 1. The molecule has 0 aliphatic carbocycles. The molecule has 0 radical (unpaired) electrons. The van der Waals surface area contributed by atoms with Gasteiger partial charge in [-0.2, -0.15) is 0 Å². The molecule has 44 heavy (non-hydrogen) atoms. The number of aliphatic hydroxyl groups excluding tert-OH is 1.